The van der Waals surface area contributed by atoms with Gasteiger partial charge in [-0.05, 0) is 49.4 Å². The van der Waals surface area contributed by atoms with Crippen LogP contribution in [0.1, 0.15) is 23.0 Å². The molecule has 1 aromatic heterocycles. The van der Waals surface area contributed by atoms with E-state index in [-0.39, 0.29) is 12.5 Å². The molecule has 0 fully saturated rings. The molecule has 0 radical (unpaired) electrons. The van der Waals surface area contributed by atoms with Crippen molar-refractivity contribution < 1.29 is 18.7 Å². The van der Waals surface area contributed by atoms with E-state index >= 15 is 0 Å². The Balaban J connectivity index is 1.63. The molecule has 0 aliphatic rings. The summed E-state index contributed by atoms with van der Waals surface area (Å²) in [4.78, 5) is 12.5. The highest BCUT2D eigenvalue weighted by Crippen LogP contribution is 2.19. The minimum Gasteiger partial charge on any atom is -0.494 e. The van der Waals surface area contributed by atoms with Gasteiger partial charge in [0.1, 0.15) is 18.1 Å². The summed E-state index contributed by atoms with van der Waals surface area (Å²) in [7, 11) is 0. The number of rotatable bonds is 7. The van der Waals surface area contributed by atoms with E-state index in [1.807, 2.05) is 49.4 Å². The first-order valence-electron chi connectivity index (χ1n) is 8.04. The quantitative estimate of drug-likeness (QED) is 0.689. The predicted molar refractivity (Wildman–Crippen MR) is 95.0 cm³/mol. The number of carbonyl (C=O) groups is 1. The highest BCUT2D eigenvalue weighted by atomic mass is 16.5. The number of benzene rings is 2. The number of carbonyl (C=O) groups excluding carboxylic acids is 1. The first-order valence-corrected chi connectivity index (χ1v) is 8.04. The number of para-hydroxylation sites is 1. The molecule has 0 unspecified atom stereocenters. The molecule has 128 valence electrons. The maximum Gasteiger partial charge on any atom is 0.259 e. The van der Waals surface area contributed by atoms with Crippen molar-refractivity contribution in [2.45, 2.75) is 13.5 Å². The number of anilines is 1. The maximum atomic E-state index is 12.5. The van der Waals surface area contributed by atoms with Gasteiger partial charge in [-0.2, -0.15) is 0 Å². The molecule has 25 heavy (non-hydrogen) atoms. The molecule has 3 aromatic rings. The zero-order chi connectivity index (χ0) is 17.5. The lowest BCUT2D eigenvalue weighted by Gasteiger charge is -2.08. The van der Waals surface area contributed by atoms with Gasteiger partial charge in [-0.15, -0.1) is 0 Å². The van der Waals surface area contributed by atoms with Crippen LogP contribution >= 0.6 is 0 Å². The van der Waals surface area contributed by atoms with E-state index < -0.39 is 0 Å². The molecule has 2 aromatic carbocycles. The molecular weight excluding hydrogens is 318 g/mol. The molecule has 5 nitrogen and oxygen atoms in total. The van der Waals surface area contributed by atoms with E-state index in [2.05, 4.69) is 5.32 Å². The van der Waals surface area contributed by atoms with Crippen LogP contribution in [0.15, 0.2) is 71.3 Å². The standard InChI is InChI=1S/C20H19NO4/c1-2-23-17-10-8-15(9-11-17)21-20(22)18-12-13-24-19(18)14-25-16-6-4-3-5-7-16/h3-13H,2,14H2,1H3,(H,21,22). The van der Waals surface area contributed by atoms with Gasteiger partial charge < -0.3 is 19.2 Å². The van der Waals surface area contributed by atoms with Crippen LogP contribution in [0.4, 0.5) is 5.69 Å². The number of hydrogen-bond acceptors (Lipinski definition) is 4. The molecule has 0 aliphatic carbocycles. The van der Waals surface area contributed by atoms with Gasteiger partial charge >= 0.3 is 0 Å². The Hall–Kier alpha value is -3.21. The van der Waals surface area contributed by atoms with Crippen LogP contribution in [-0.2, 0) is 6.61 Å². The van der Waals surface area contributed by atoms with Crippen molar-refractivity contribution in [3.05, 3.63) is 78.3 Å². The minimum absolute atomic E-state index is 0.184. The average molecular weight is 337 g/mol. The number of nitrogens with one attached hydrogen (secondary N) is 1. The SMILES string of the molecule is CCOc1ccc(NC(=O)c2ccoc2COc2ccccc2)cc1. The van der Waals surface area contributed by atoms with Crippen molar-refractivity contribution >= 4 is 11.6 Å². The Labute approximate surface area is 146 Å². The Bertz CT molecular complexity index is 809. The van der Waals surface area contributed by atoms with Crippen LogP contribution in [-0.4, -0.2) is 12.5 Å². The second-order valence-electron chi connectivity index (χ2n) is 5.27. The summed E-state index contributed by atoms with van der Waals surface area (Å²) in [6, 6.07) is 18.2. The molecule has 0 saturated heterocycles. The van der Waals surface area contributed by atoms with Gasteiger partial charge in [0.25, 0.3) is 5.91 Å². The van der Waals surface area contributed by atoms with Gasteiger partial charge in [0.15, 0.2) is 5.76 Å². The van der Waals surface area contributed by atoms with Gasteiger partial charge in [-0.1, -0.05) is 18.2 Å². The predicted octanol–water partition coefficient (Wildman–Crippen LogP) is 4.51. The second kappa shape index (κ2) is 8.06. The Morgan fingerprint density at radius 2 is 1.68 bits per heavy atom. The topological polar surface area (TPSA) is 60.7 Å². The third-order valence-corrected chi connectivity index (χ3v) is 3.53. The first kappa shape index (κ1) is 16.6. The summed E-state index contributed by atoms with van der Waals surface area (Å²) in [5, 5.41) is 2.84. The van der Waals surface area contributed by atoms with Crippen molar-refractivity contribution in [3.63, 3.8) is 0 Å². The first-order chi connectivity index (χ1) is 12.3. The zero-order valence-corrected chi connectivity index (χ0v) is 13.9. The Kier molecular flexibility index (Phi) is 5.36. The molecule has 1 N–H and O–H groups in total. The largest absolute Gasteiger partial charge is 0.494 e. The number of furan rings is 1. The smallest absolute Gasteiger partial charge is 0.259 e. The molecule has 0 saturated carbocycles. The van der Waals surface area contributed by atoms with Crippen molar-refractivity contribution in [1.29, 1.82) is 0 Å². The monoisotopic (exact) mass is 337 g/mol. The fourth-order valence-electron chi connectivity index (χ4n) is 2.32. The lowest BCUT2D eigenvalue weighted by atomic mass is 10.2. The van der Waals surface area contributed by atoms with Crippen molar-refractivity contribution in [1.82, 2.24) is 0 Å². The van der Waals surface area contributed by atoms with Gasteiger partial charge in [-0.3, -0.25) is 4.79 Å². The van der Waals surface area contributed by atoms with Gasteiger partial charge in [0, 0.05) is 5.69 Å². The molecular formula is C20H19NO4. The Morgan fingerprint density at radius 3 is 2.40 bits per heavy atom. The van der Waals surface area contributed by atoms with Crippen LogP contribution in [0.25, 0.3) is 0 Å². The van der Waals surface area contributed by atoms with Crippen molar-refractivity contribution in [2.75, 3.05) is 11.9 Å². The molecule has 5 heteroatoms. The summed E-state index contributed by atoms with van der Waals surface area (Å²) < 4.78 is 16.4. The van der Waals surface area contributed by atoms with E-state index in [1.54, 1.807) is 18.2 Å². The summed E-state index contributed by atoms with van der Waals surface area (Å²) in [5.41, 5.74) is 1.13. The van der Waals surface area contributed by atoms with Gasteiger partial charge in [0.05, 0.1) is 18.4 Å². The third-order valence-electron chi connectivity index (χ3n) is 3.53. The molecule has 0 atom stereocenters. The van der Waals surface area contributed by atoms with Crippen LogP contribution in [0, 0.1) is 0 Å². The number of ether oxygens (including phenoxy) is 2. The molecule has 3 rings (SSSR count). The third kappa shape index (κ3) is 4.41. The van der Waals surface area contributed by atoms with Crippen LogP contribution in [0.2, 0.25) is 0 Å². The summed E-state index contributed by atoms with van der Waals surface area (Å²) in [6.45, 7) is 2.71. The summed E-state index contributed by atoms with van der Waals surface area (Å²) >= 11 is 0. The lowest BCUT2D eigenvalue weighted by molar-refractivity contribution is 0.102. The van der Waals surface area contributed by atoms with E-state index in [4.69, 9.17) is 13.9 Å². The van der Waals surface area contributed by atoms with Gasteiger partial charge in [-0.25, -0.2) is 0 Å². The number of hydrogen-bond donors (Lipinski definition) is 1. The highest BCUT2D eigenvalue weighted by Gasteiger charge is 2.15. The van der Waals surface area contributed by atoms with E-state index in [9.17, 15) is 4.79 Å². The Morgan fingerprint density at radius 1 is 0.960 bits per heavy atom. The van der Waals surface area contributed by atoms with Gasteiger partial charge in [0.2, 0.25) is 0 Å². The molecule has 1 amide bonds. The van der Waals surface area contributed by atoms with Crippen LogP contribution in [0.5, 0.6) is 11.5 Å². The average Bonchev–Trinajstić information content (AvgIpc) is 3.11. The molecule has 0 spiro atoms. The van der Waals surface area contributed by atoms with E-state index in [0.29, 0.717) is 23.6 Å². The molecule has 0 aliphatic heterocycles. The molecule has 1 heterocycles. The van der Waals surface area contributed by atoms with Crippen molar-refractivity contribution in [3.8, 4) is 11.5 Å². The normalized spacial score (nSPS) is 10.3. The zero-order valence-electron chi connectivity index (χ0n) is 13.9. The fourth-order valence-corrected chi connectivity index (χ4v) is 2.32. The fraction of sp³-hybridized carbons (Fsp3) is 0.150. The summed E-state index contributed by atoms with van der Waals surface area (Å²) in [5.74, 6) is 1.72. The van der Waals surface area contributed by atoms with Crippen molar-refractivity contribution in [2.24, 2.45) is 0 Å². The number of amides is 1. The molecule has 0 bridgehead atoms. The summed E-state index contributed by atoms with van der Waals surface area (Å²) in [6.07, 6.45) is 1.48. The lowest BCUT2D eigenvalue weighted by Crippen LogP contribution is -2.13. The maximum absolute atomic E-state index is 12.5. The van der Waals surface area contributed by atoms with E-state index in [0.717, 1.165) is 11.5 Å². The van der Waals surface area contributed by atoms with Crippen LogP contribution < -0.4 is 14.8 Å². The highest BCUT2D eigenvalue weighted by molar-refractivity contribution is 6.04. The van der Waals surface area contributed by atoms with Crippen LogP contribution in [0.3, 0.4) is 0 Å². The minimum atomic E-state index is -0.246. The second-order valence-corrected chi connectivity index (χ2v) is 5.27. The van der Waals surface area contributed by atoms with E-state index in [1.165, 1.54) is 6.26 Å².